The molecular formula is C23H17Br2Cl3N2O4. The van der Waals surface area contributed by atoms with E-state index in [-0.39, 0.29) is 30.8 Å². The number of imide groups is 1. The molecule has 1 aliphatic carbocycles. The molecule has 3 amide bonds. The van der Waals surface area contributed by atoms with Crippen LogP contribution in [0.15, 0.2) is 42.5 Å². The van der Waals surface area contributed by atoms with Gasteiger partial charge in [0.1, 0.15) is 6.54 Å². The molecule has 1 heterocycles. The molecule has 0 radical (unpaired) electrons. The number of carbonyl (C=O) groups is 4. The zero-order valence-electron chi connectivity index (χ0n) is 17.4. The van der Waals surface area contributed by atoms with Crippen molar-refractivity contribution >= 4 is 90.2 Å². The van der Waals surface area contributed by atoms with E-state index in [1.807, 2.05) is 0 Å². The maximum Gasteiger partial charge on any atom is 0.274 e. The second kappa shape index (κ2) is 10.3. The molecule has 11 heteroatoms. The highest BCUT2D eigenvalue weighted by Gasteiger charge is 2.54. The summed E-state index contributed by atoms with van der Waals surface area (Å²) >= 11 is 25.4. The molecule has 4 atom stereocenters. The van der Waals surface area contributed by atoms with Crippen LogP contribution in [0.4, 0.5) is 0 Å². The Morgan fingerprint density at radius 1 is 0.882 bits per heavy atom. The summed E-state index contributed by atoms with van der Waals surface area (Å²) in [7, 11) is 0. The van der Waals surface area contributed by atoms with E-state index in [1.54, 1.807) is 12.1 Å². The van der Waals surface area contributed by atoms with Crippen molar-refractivity contribution < 1.29 is 19.2 Å². The molecule has 1 saturated carbocycles. The first kappa shape index (κ1) is 25.6. The van der Waals surface area contributed by atoms with Crippen LogP contribution < -0.4 is 0 Å². The predicted molar refractivity (Wildman–Crippen MR) is 137 cm³/mol. The Hall–Kier alpha value is -1.45. The normalized spacial score (nSPS) is 24.2. The van der Waals surface area contributed by atoms with Gasteiger partial charge in [-0.05, 0) is 43.2 Å². The number of hydrazine groups is 1. The Morgan fingerprint density at radius 2 is 1.47 bits per heavy atom. The lowest BCUT2D eigenvalue weighted by atomic mass is 9.81. The maximum absolute atomic E-state index is 13.6. The zero-order chi connectivity index (χ0) is 24.7. The third kappa shape index (κ3) is 4.80. The average Bonchev–Trinajstić information content (AvgIpc) is 3.01. The first-order valence-electron chi connectivity index (χ1n) is 10.3. The summed E-state index contributed by atoms with van der Waals surface area (Å²) < 4.78 is 0. The maximum atomic E-state index is 13.6. The predicted octanol–water partition coefficient (Wildman–Crippen LogP) is 5.81. The summed E-state index contributed by atoms with van der Waals surface area (Å²) in [5.41, 5.74) is 0.173. The van der Waals surface area contributed by atoms with Gasteiger partial charge in [0, 0.05) is 20.2 Å². The molecule has 1 aliphatic heterocycles. The summed E-state index contributed by atoms with van der Waals surface area (Å²) in [6.45, 7) is -0.586. The molecule has 2 aromatic rings. The van der Waals surface area contributed by atoms with Crippen molar-refractivity contribution in [2.45, 2.75) is 22.5 Å². The average molecular weight is 652 g/mol. The molecule has 0 N–H and O–H groups in total. The van der Waals surface area contributed by atoms with Crippen LogP contribution in [0.1, 0.15) is 33.6 Å². The van der Waals surface area contributed by atoms with Crippen molar-refractivity contribution in [3.63, 3.8) is 0 Å². The molecule has 0 aromatic heterocycles. The van der Waals surface area contributed by atoms with Crippen molar-refractivity contribution in [3.05, 3.63) is 68.7 Å². The van der Waals surface area contributed by atoms with Gasteiger partial charge in [-0.3, -0.25) is 19.2 Å². The van der Waals surface area contributed by atoms with Gasteiger partial charge in [0.2, 0.25) is 0 Å². The Bertz CT molecular complexity index is 1170. The molecule has 0 spiro atoms. The Morgan fingerprint density at radius 3 is 2.03 bits per heavy atom. The van der Waals surface area contributed by atoms with E-state index in [0.717, 1.165) is 10.0 Å². The number of Topliss-reactive ketones (excluding diaryl/α,β-unsaturated/α-hetero) is 1. The van der Waals surface area contributed by atoms with Gasteiger partial charge >= 0.3 is 0 Å². The Balaban J connectivity index is 1.73. The molecule has 34 heavy (non-hydrogen) atoms. The molecular weight excluding hydrogens is 634 g/mol. The molecule has 0 bridgehead atoms. The van der Waals surface area contributed by atoms with E-state index < -0.39 is 41.9 Å². The Kier molecular flexibility index (Phi) is 7.74. The highest BCUT2D eigenvalue weighted by Crippen LogP contribution is 2.44. The number of benzene rings is 2. The first-order chi connectivity index (χ1) is 16.1. The van der Waals surface area contributed by atoms with Crippen LogP contribution in [-0.4, -0.2) is 49.7 Å². The topological polar surface area (TPSA) is 74.8 Å². The summed E-state index contributed by atoms with van der Waals surface area (Å²) in [6.07, 6.45) is 0.847. The van der Waals surface area contributed by atoms with Gasteiger partial charge in [-0.1, -0.05) is 78.8 Å². The van der Waals surface area contributed by atoms with Crippen LogP contribution in [0, 0.1) is 11.8 Å². The fraction of sp³-hybridized carbons (Fsp3) is 0.304. The van der Waals surface area contributed by atoms with E-state index in [0.29, 0.717) is 17.9 Å². The fourth-order valence-corrected chi connectivity index (χ4v) is 6.23. The fourth-order valence-electron chi connectivity index (χ4n) is 4.26. The van der Waals surface area contributed by atoms with Crippen LogP contribution in [0.25, 0.3) is 0 Å². The van der Waals surface area contributed by atoms with Gasteiger partial charge in [-0.25, -0.2) is 5.01 Å². The van der Waals surface area contributed by atoms with Crippen LogP contribution in [-0.2, 0) is 9.59 Å². The second-order valence-corrected chi connectivity index (χ2v) is 11.7. The molecule has 4 rings (SSSR count). The summed E-state index contributed by atoms with van der Waals surface area (Å²) in [4.78, 5) is 53.5. The highest BCUT2D eigenvalue weighted by atomic mass is 79.9. The van der Waals surface area contributed by atoms with E-state index in [1.165, 1.54) is 30.3 Å². The SMILES string of the molecule is O=C(CN(C(=O)c1ccccc1Cl)N1C(=O)[C@@H]2C[C@@H](Br)[C@@H](Br)C[C@H]2C1=O)c1ccc(Cl)cc1Cl. The van der Waals surface area contributed by atoms with Crippen molar-refractivity contribution in [1.82, 2.24) is 10.0 Å². The van der Waals surface area contributed by atoms with Crippen LogP contribution in [0.5, 0.6) is 0 Å². The quantitative estimate of drug-likeness (QED) is 0.233. The number of nitrogens with zero attached hydrogens (tertiary/aromatic N) is 2. The summed E-state index contributed by atoms with van der Waals surface area (Å²) in [5, 5.41) is 2.26. The van der Waals surface area contributed by atoms with E-state index >= 15 is 0 Å². The number of amides is 3. The third-order valence-corrected chi connectivity index (χ3v) is 9.60. The number of hydrogen-bond donors (Lipinski definition) is 0. The van der Waals surface area contributed by atoms with Crippen LogP contribution >= 0.6 is 66.7 Å². The zero-order valence-corrected chi connectivity index (χ0v) is 22.8. The minimum Gasteiger partial charge on any atom is -0.292 e. The standard InChI is InChI=1S/C23H17Br2Cl3N2O4/c24-16-8-14-15(9-17(16)25)23(34)30(22(14)33)29(21(32)13-3-1-2-4-18(13)27)10-20(31)12-6-5-11(26)7-19(12)28/h1-7,14-17H,8-10H2/t14-,15-,16-,17+/m1/s1. The number of halogens is 5. The summed E-state index contributed by atoms with van der Waals surface area (Å²) in [6, 6.07) is 10.6. The van der Waals surface area contributed by atoms with Gasteiger partial charge in [0.15, 0.2) is 5.78 Å². The lowest BCUT2D eigenvalue weighted by Gasteiger charge is -2.30. The van der Waals surface area contributed by atoms with Crippen molar-refractivity contribution in [2.75, 3.05) is 6.54 Å². The third-order valence-electron chi connectivity index (χ3n) is 5.99. The number of rotatable bonds is 5. The molecule has 2 aliphatic rings. The van der Waals surface area contributed by atoms with Gasteiger partial charge in [-0.15, -0.1) is 0 Å². The number of ketones is 1. The second-order valence-electron chi connectivity index (χ2n) is 8.09. The van der Waals surface area contributed by atoms with Crippen molar-refractivity contribution in [1.29, 1.82) is 0 Å². The van der Waals surface area contributed by atoms with E-state index in [9.17, 15) is 19.2 Å². The number of fused-ring (bicyclic) bond motifs is 1. The van der Waals surface area contributed by atoms with Crippen LogP contribution in [0.2, 0.25) is 15.1 Å². The van der Waals surface area contributed by atoms with Gasteiger partial charge in [-0.2, -0.15) is 5.01 Å². The molecule has 1 saturated heterocycles. The van der Waals surface area contributed by atoms with Crippen LogP contribution in [0.3, 0.4) is 0 Å². The molecule has 2 aromatic carbocycles. The van der Waals surface area contributed by atoms with E-state index in [4.69, 9.17) is 34.8 Å². The minimum absolute atomic E-state index is 0.00678. The number of carbonyl (C=O) groups excluding carboxylic acids is 4. The molecule has 2 fully saturated rings. The highest BCUT2D eigenvalue weighted by molar-refractivity contribution is 9.12. The Labute approximate surface area is 227 Å². The summed E-state index contributed by atoms with van der Waals surface area (Å²) in [5.74, 6) is -3.53. The lowest BCUT2D eigenvalue weighted by Crippen LogP contribution is -2.52. The lowest BCUT2D eigenvalue weighted by molar-refractivity contribution is -0.154. The van der Waals surface area contributed by atoms with Gasteiger partial charge in [0.25, 0.3) is 17.7 Å². The smallest absolute Gasteiger partial charge is 0.274 e. The first-order valence-corrected chi connectivity index (χ1v) is 13.3. The number of hydrogen-bond acceptors (Lipinski definition) is 4. The van der Waals surface area contributed by atoms with Gasteiger partial charge in [0.05, 0.1) is 27.4 Å². The van der Waals surface area contributed by atoms with Crippen molar-refractivity contribution in [2.24, 2.45) is 11.8 Å². The van der Waals surface area contributed by atoms with Crippen molar-refractivity contribution in [3.8, 4) is 0 Å². The van der Waals surface area contributed by atoms with E-state index in [2.05, 4.69) is 31.9 Å². The molecule has 0 unspecified atom stereocenters. The minimum atomic E-state index is -0.741. The largest absolute Gasteiger partial charge is 0.292 e. The monoisotopic (exact) mass is 648 g/mol. The molecule has 178 valence electrons. The molecule has 6 nitrogen and oxygen atoms in total. The van der Waals surface area contributed by atoms with Gasteiger partial charge < -0.3 is 0 Å². The number of alkyl halides is 2.